The number of allylic oxidation sites excluding steroid dienone is 3. The zero-order valence-corrected chi connectivity index (χ0v) is 15.4. The normalized spacial score (nSPS) is 22.2. The Balaban J connectivity index is 1.85. The number of hydrogen-bond acceptors (Lipinski definition) is 4. The van der Waals surface area contributed by atoms with Gasteiger partial charge in [-0.25, -0.2) is 5.01 Å². The van der Waals surface area contributed by atoms with Crippen LogP contribution in [0, 0.1) is 5.92 Å². The Kier molecular flexibility index (Phi) is 4.33. The summed E-state index contributed by atoms with van der Waals surface area (Å²) in [4.78, 5) is 4.74. The van der Waals surface area contributed by atoms with Gasteiger partial charge < -0.3 is 5.32 Å². The molecule has 1 aromatic carbocycles. The number of nitrogens with one attached hydrogen (secondary N) is 1. The van der Waals surface area contributed by atoms with Crippen molar-refractivity contribution in [3.05, 3.63) is 82.3 Å². The molecule has 4 nitrogen and oxygen atoms in total. The number of rotatable bonds is 3. The molecular formula is C22H24N4. The lowest BCUT2D eigenvalue weighted by atomic mass is 9.87. The molecule has 132 valence electrons. The number of hydrogen-bond donors (Lipinski definition) is 1. The van der Waals surface area contributed by atoms with Gasteiger partial charge in [-0.2, -0.15) is 5.10 Å². The third-order valence-electron chi connectivity index (χ3n) is 5.16. The molecule has 4 rings (SSSR count). The van der Waals surface area contributed by atoms with Crippen LogP contribution in [0.3, 0.4) is 0 Å². The zero-order valence-electron chi connectivity index (χ0n) is 15.4. The number of fused-ring (bicyclic) bond motifs is 2. The fraction of sp³-hybridized carbons (Fsp3) is 0.273. The Bertz CT molecular complexity index is 991. The third-order valence-corrected chi connectivity index (χ3v) is 5.16. The SMILES string of the molecule is C=C/C=C(\C)C1=CN2N=CCC(C3=c4ccccc4=NC[C@H]3C)=C2NC1. The van der Waals surface area contributed by atoms with Gasteiger partial charge in [0.05, 0.1) is 5.36 Å². The number of para-hydroxylation sites is 1. The molecule has 0 saturated heterocycles. The molecule has 1 N–H and O–H groups in total. The van der Waals surface area contributed by atoms with Crippen LogP contribution in [-0.4, -0.2) is 24.3 Å². The highest BCUT2D eigenvalue weighted by Crippen LogP contribution is 2.31. The Labute approximate surface area is 154 Å². The summed E-state index contributed by atoms with van der Waals surface area (Å²) in [5, 5.41) is 12.5. The summed E-state index contributed by atoms with van der Waals surface area (Å²) in [7, 11) is 0. The molecule has 0 radical (unpaired) electrons. The maximum absolute atomic E-state index is 4.74. The van der Waals surface area contributed by atoms with Crippen LogP contribution in [0.2, 0.25) is 0 Å². The summed E-state index contributed by atoms with van der Waals surface area (Å²) in [5.41, 5.74) is 5.15. The second kappa shape index (κ2) is 6.79. The van der Waals surface area contributed by atoms with Crippen LogP contribution in [0.1, 0.15) is 20.3 Å². The van der Waals surface area contributed by atoms with Gasteiger partial charge in [0.1, 0.15) is 5.82 Å². The van der Waals surface area contributed by atoms with Gasteiger partial charge in [0.2, 0.25) is 0 Å². The molecule has 0 bridgehead atoms. The molecule has 0 saturated carbocycles. The molecule has 4 heteroatoms. The molecular weight excluding hydrogens is 320 g/mol. The Morgan fingerprint density at radius 2 is 2.19 bits per heavy atom. The predicted molar refractivity (Wildman–Crippen MR) is 107 cm³/mol. The second-order valence-corrected chi connectivity index (χ2v) is 6.94. The molecule has 1 aromatic rings. The minimum Gasteiger partial charge on any atom is -0.366 e. The second-order valence-electron chi connectivity index (χ2n) is 6.94. The van der Waals surface area contributed by atoms with E-state index in [1.165, 1.54) is 27.5 Å². The molecule has 0 fully saturated rings. The first-order chi connectivity index (χ1) is 12.7. The number of nitrogens with zero attached hydrogens (tertiary/aromatic N) is 3. The lowest BCUT2D eigenvalue weighted by molar-refractivity contribution is 0.420. The van der Waals surface area contributed by atoms with Crippen LogP contribution < -0.4 is 15.9 Å². The predicted octanol–water partition coefficient (Wildman–Crippen LogP) is 2.63. The molecule has 3 aliphatic heterocycles. The van der Waals surface area contributed by atoms with Crippen LogP contribution >= 0.6 is 0 Å². The Hall–Kier alpha value is -2.88. The van der Waals surface area contributed by atoms with Gasteiger partial charge in [-0.15, -0.1) is 0 Å². The Morgan fingerprint density at radius 3 is 3.04 bits per heavy atom. The van der Waals surface area contributed by atoms with Crippen molar-refractivity contribution in [2.24, 2.45) is 16.0 Å². The summed E-state index contributed by atoms with van der Waals surface area (Å²) in [5.74, 6) is 1.50. The van der Waals surface area contributed by atoms with Crippen molar-refractivity contribution < 1.29 is 0 Å². The van der Waals surface area contributed by atoms with Gasteiger partial charge in [-0.05, 0) is 29.7 Å². The smallest absolute Gasteiger partial charge is 0.131 e. The van der Waals surface area contributed by atoms with Gasteiger partial charge in [0.15, 0.2) is 0 Å². The van der Waals surface area contributed by atoms with E-state index in [0.717, 1.165) is 30.7 Å². The lowest BCUT2D eigenvalue weighted by Crippen LogP contribution is -2.39. The van der Waals surface area contributed by atoms with E-state index >= 15 is 0 Å². The van der Waals surface area contributed by atoms with Crippen molar-refractivity contribution >= 4 is 11.8 Å². The summed E-state index contributed by atoms with van der Waals surface area (Å²) >= 11 is 0. The minimum absolute atomic E-state index is 0.398. The van der Waals surface area contributed by atoms with Crippen LogP contribution in [0.5, 0.6) is 0 Å². The highest BCUT2D eigenvalue weighted by atomic mass is 15.5. The largest absolute Gasteiger partial charge is 0.366 e. The summed E-state index contributed by atoms with van der Waals surface area (Å²) in [6.07, 6.45) is 8.83. The van der Waals surface area contributed by atoms with Gasteiger partial charge in [-0.1, -0.05) is 43.9 Å². The first kappa shape index (κ1) is 16.6. The third kappa shape index (κ3) is 2.81. The van der Waals surface area contributed by atoms with Crippen molar-refractivity contribution in [1.82, 2.24) is 10.3 Å². The number of hydrazone groups is 1. The topological polar surface area (TPSA) is 40.0 Å². The van der Waals surface area contributed by atoms with E-state index in [2.05, 4.69) is 61.3 Å². The first-order valence-electron chi connectivity index (χ1n) is 9.12. The van der Waals surface area contributed by atoms with E-state index in [4.69, 9.17) is 4.99 Å². The molecule has 0 unspecified atom stereocenters. The minimum atomic E-state index is 0.398. The van der Waals surface area contributed by atoms with Gasteiger partial charge in [0, 0.05) is 48.6 Å². The van der Waals surface area contributed by atoms with E-state index in [1.807, 2.05) is 23.4 Å². The quantitative estimate of drug-likeness (QED) is 0.857. The van der Waals surface area contributed by atoms with Crippen molar-refractivity contribution in [3.8, 4) is 0 Å². The molecule has 26 heavy (non-hydrogen) atoms. The molecule has 1 atom stereocenters. The fourth-order valence-corrected chi connectivity index (χ4v) is 3.82. The van der Waals surface area contributed by atoms with Gasteiger partial charge >= 0.3 is 0 Å². The Morgan fingerprint density at radius 1 is 1.35 bits per heavy atom. The highest BCUT2D eigenvalue weighted by molar-refractivity contribution is 5.77. The summed E-state index contributed by atoms with van der Waals surface area (Å²) in [6, 6.07) is 8.46. The number of benzene rings is 1. The summed E-state index contributed by atoms with van der Waals surface area (Å²) < 4.78 is 0. The maximum Gasteiger partial charge on any atom is 0.131 e. The van der Waals surface area contributed by atoms with E-state index in [-0.39, 0.29) is 0 Å². The van der Waals surface area contributed by atoms with Crippen LogP contribution in [0.4, 0.5) is 0 Å². The van der Waals surface area contributed by atoms with Gasteiger partial charge in [0.25, 0.3) is 0 Å². The van der Waals surface area contributed by atoms with Crippen molar-refractivity contribution in [3.63, 3.8) is 0 Å². The van der Waals surface area contributed by atoms with Crippen molar-refractivity contribution in [2.45, 2.75) is 20.3 Å². The molecule has 0 aliphatic carbocycles. The van der Waals surface area contributed by atoms with E-state index in [9.17, 15) is 0 Å². The molecule has 0 amide bonds. The highest BCUT2D eigenvalue weighted by Gasteiger charge is 2.27. The average Bonchev–Trinajstić information content (AvgIpc) is 2.67. The van der Waals surface area contributed by atoms with Crippen molar-refractivity contribution in [2.75, 3.05) is 13.1 Å². The van der Waals surface area contributed by atoms with Crippen molar-refractivity contribution in [1.29, 1.82) is 0 Å². The maximum atomic E-state index is 4.74. The van der Waals surface area contributed by atoms with Crippen LogP contribution in [0.25, 0.3) is 5.57 Å². The lowest BCUT2D eigenvalue weighted by Gasteiger charge is -2.33. The molecule has 3 heterocycles. The summed E-state index contributed by atoms with van der Waals surface area (Å²) in [6.45, 7) is 9.80. The fourth-order valence-electron chi connectivity index (χ4n) is 3.82. The van der Waals surface area contributed by atoms with Crippen LogP contribution in [0.15, 0.2) is 81.8 Å². The zero-order chi connectivity index (χ0) is 18.1. The van der Waals surface area contributed by atoms with Crippen LogP contribution in [-0.2, 0) is 0 Å². The average molecular weight is 344 g/mol. The van der Waals surface area contributed by atoms with E-state index in [1.54, 1.807) is 0 Å². The van der Waals surface area contributed by atoms with E-state index < -0.39 is 0 Å². The standard InChI is InChI=1S/C22H24N4/c1-4-7-15(2)17-13-24-22-19(10-11-25-26(22)14-17)21-16(3)12-23-20-9-6-5-8-18(20)21/h4-9,11,14,16,24H,1,10,12-13H2,2-3H3/b15-7+/t16-/m1/s1. The molecule has 0 spiro atoms. The molecule has 3 aliphatic rings. The first-order valence-corrected chi connectivity index (χ1v) is 9.12. The molecule has 0 aromatic heterocycles. The van der Waals surface area contributed by atoms with E-state index in [0.29, 0.717) is 5.92 Å². The van der Waals surface area contributed by atoms with Gasteiger partial charge in [-0.3, -0.25) is 4.99 Å². The monoisotopic (exact) mass is 344 g/mol.